The maximum Gasteiger partial charge on any atom is 0.313 e. The molecule has 0 saturated carbocycles. The number of ether oxygens (including phenoxy) is 1. The molecule has 0 saturated heterocycles. The largest absolute Gasteiger partial charge is 0.466 e. The van der Waals surface area contributed by atoms with E-state index in [4.69, 9.17) is 4.74 Å². The van der Waals surface area contributed by atoms with Crippen molar-refractivity contribution in [3.05, 3.63) is 52.8 Å². The summed E-state index contributed by atoms with van der Waals surface area (Å²) in [5.41, 5.74) is 4.58. The number of aryl methyl sites for hydroxylation is 2. The van der Waals surface area contributed by atoms with Crippen LogP contribution in [0.25, 0.3) is 5.69 Å². The predicted octanol–water partition coefficient (Wildman–Crippen LogP) is 3.54. The van der Waals surface area contributed by atoms with Gasteiger partial charge < -0.3 is 9.30 Å². The van der Waals surface area contributed by atoms with Gasteiger partial charge in [-0.2, -0.15) is 0 Å². The zero-order valence-electron chi connectivity index (χ0n) is 13.5. The van der Waals surface area contributed by atoms with Crippen LogP contribution in [-0.2, 0) is 9.53 Å². The van der Waals surface area contributed by atoms with E-state index < -0.39 is 5.97 Å². The molecule has 0 aliphatic heterocycles. The van der Waals surface area contributed by atoms with E-state index in [1.807, 2.05) is 55.7 Å². The fourth-order valence-corrected chi connectivity index (χ4v) is 2.57. The molecule has 0 atom stereocenters. The highest BCUT2D eigenvalue weighted by molar-refractivity contribution is 6.06. The van der Waals surface area contributed by atoms with Gasteiger partial charge in [0, 0.05) is 22.6 Å². The Bertz CT molecular complexity index is 696. The Kier molecular flexibility index (Phi) is 4.81. The lowest BCUT2D eigenvalue weighted by Gasteiger charge is -2.10. The van der Waals surface area contributed by atoms with Crippen molar-refractivity contribution in [1.82, 2.24) is 4.57 Å². The summed E-state index contributed by atoms with van der Waals surface area (Å²) in [6.07, 6.45) is -0.216. The Morgan fingerprint density at radius 3 is 2.32 bits per heavy atom. The molecule has 0 unspecified atom stereocenters. The zero-order valence-corrected chi connectivity index (χ0v) is 13.5. The third-order valence-corrected chi connectivity index (χ3v) is 3.63. The van der Waals surface area contributed by atoms with Crippen LogP contribution in [0.2, 0.25) is 0 Å². The van der Waals surface area contributed by atoms with Crippen LogP contribution in [0.3, 0.4) is 0 Å². The number of Topliss-reactive ketones (excluding diaryl/α,β-unsaturated/α-hetero) is 1. The molecule has 0 N–H and O–H groups in total. The number of carbonyl (C=O) groups is 2. The van der Waals surface area contributed by atoms with Gasteiger partial charge in [-0.25, -0.2) is 0 Å². The van der Waals surface area contributed by atoms with Crippen LogP contribution >= 0.6 is 0 Å². The second-order valence-electron chi connectivity index (χ2n) is 5.36. The van der Waals surface area contributed by atoms with Gasteiger partial charge in [-0.05, 0) is 45.9 Å². The molecule has 0 radical (unpaired) electrons. The Hall–Kier alpha value is -2.36. The molecule has 1 heterocycles. The van der Waals surface area contributed by atoms with Gasteiger partial charge in [-0.3, -0.25) is 9.59 Å². The second-order valence-corrected chi connectivity index (χ2v) is 5.36. The van der Waals surface area contributed by atoms with Gasteiger partial charge >= 0.3 is 5.97 Å². The summed E-state index contributed by atoms with van der Waals surface area (Å²) in [5.74, 6) is -0.683. The minimum absolute atomic E-state index is 0.204. The third kappa shape index (κ3) is 3.27. The normalized spacial score (nSPS) is 10.5. The van der Waals surface area contributed by atoms with Crippen molar-refractivity contribution in [1.29, 1.82) is 0 Å². The Balaban J connectivity index is 2.33. The van der Waals surface area contributed by atoms with Gasteiger partial charge in [-0.1, -0.05) is 17.7 Å². The lowest BCUT2D eigenvalue weighted by Crippen LogP contribution is -2.12. The second kappa shape index (κ2) is 6.60. The maximum absolute atomic E-state index is 12.3. The molecule has 0 fully saturated rings. The molecule has 0 spiro atoms. The summed E-state index contributed by atoms with van der Waals surface area (Å²) in [7, 11) is 0. The molecule has 4 heteroatoms. The van der Waals surface area contributed by atoms with E-state index in [0.29, 0.717) is 5.56 Å². The molecule has 0 amide bonds. The van der Waals surface area contributed by atoms with E-state index in [2.05, 4.69) is 0 Å². The molecule has 1 aromatic carbocycles. The van der Waals surface area contributed by atoms with Crippen molar-refractivity contribution in [3.63, 3.8) is 0 Å². The minimum Gasteiger partial charge on any atom is -0.466 e. The molecule has 116 valence electrons. The van der Waals surface area contributed by atoms with Gasteiger partial charge in [0.15, 0.2) is 5.78 Å². The van der Waals surface area contributed by atoms with Gasteiger partial charge in [0.25, 0.3) is 0 Å². The molecule has 22 heavy (non-hydrogen) atoms. The standard InChI is InChI=1S/C18H21NO3/c1-5-22-18(21)11-17(20)16-10-13(3)19(14(16)4)15-8-6-12(2)7-9-15/h6-10H,5,11H2,1-4H3. The molecule has 2 rings (SSSR count). The van der Waals surface area contributed by atoms with Crippen LogP contribution in [0.4, 0.5) is 0 Å². The SMILES string of the molecule is CCOC(=O)CC(=O)c1cc(C)n(-c2ccc(C)cc2)c1C. The van der Waals surface area contributed by atoms with Crippen molar-refractivity contribution >= 4 is 11.8 Å². The fraction of sp³-hybridized carbons (Fsp3) is 0.333. The summed E-state index contributed by atoms with van der Waals surface area (Å²) in [6.45, 7) is 7.90. The summed E-state index contributed by atoms with van der Waals surface area (Å²) in [4.78, 5) is 23.8. The minimum atomic E-state index is -0.479. The average Bonchev–Trinajstić information content (AvgIpc) is 2.75. The Morgan fingerprint density at radius 1 is 1.09 bits per heavy atom. The van der Waals surface area contributed by atoms with Gasteiger partial charge in [0.1, 0.15) is 6.42 Å². The van der Waals surface area contributed by atoms with E-state index in [0.717, 1.165) is 17.1 Å². The topological polar surface area (TPSA) is 48.3 Å². The van der Waals surface area contributed by atoms with Crippen LogP contribution < -0.4 is 0 Å². The van der Waals surface area contributed by atoms with E-state index in [1.54, 1.807) is 6.92 Å². The van der Waals surface area contributed by atoms with Gasteiger partial charge in [0.2, 0.25) is 0 Å². The van der Waals surface area contributed by atoms with Crippen LogP contribution in [0.1, 0.15) is 40.7 Å². The van der Waals surface area contributed by atoms with Crippen LogP contribution in [0.15, 0.2) is 30.3 Å². The Labute approximate surface area is 130 Å². The molecule has 0 aliphatic rings. The van der Waals surface area contributed by atoms with Gasteiger partial charge in [0.05, 0.1) is 6.61 Å². The zero-order chi connectivity index (χ0) is 16.3. The molecular weight excluding hydrogens is 278 g/mol. The summed E-state index contributed by atoms with van der Waals surface area (Å²) >= 11 is 0. The van der Waals surface area contributed by atoms with E-state index >= 15 is 0 Å². The number of hydrogen-bond donors (Lipinski definition) is 0. The molecule has 4 nitrogen and oxygen atoms in total. The number of ketones is 1. The highest BCUT2D eigenvalue weighted by Gasteiger charge is 2.19. The average molecular weight is 299 g/mol. The smallest absolute Gasteiger partial charge is 0.313 e. The van der Waals surface area contributed by atoms with Crippen LogP contribution in [0.5, 0.6) is 0 Å². The highest BCUT2D eigenvalue weighted by Crippen LogP contribution is 2.22. The quantitative estimate of drug-likeness (QED) is 0.482. The molecule has 0 bridgehead atoms. The Morgan fingerprint density at radius 2 is 1.73 bits per heavy atom. The third-order valence-electron chi connectivity index (χ3n) is 3.63. The molecular formula is C18H21NO3. The first-order valence-corrected chi connectivity index (χ1v) is 7.38. The van der Waals surface area contributed by atoms with E-state index in [-0.39, 0.29) is 18.8 Å². The number of esters is 1. The number of nitrogens with zero attached hydrogens (tertiary/aromatic N) is 1. The molecule has 2 aromatic rings. The lowest BCUT2D eigenvalue weighted by atomic mass is 10.1. The summed E-state index contributed by atoms with van der Waals surface area (Å²) < 4.78 is 6.87. The van der Waals surface area contributed by atoms with E-state index in [9.17, 15) is 9.59 Å². The lowest BCUT2D eigenvalue weighted by molar-refractivity contribution is -0.141. The number of aromatic nitrogens is 1. The number of benzene rings is 1. The summed E-state index contributed by atoms with van der Waals surface area (Å²) in [6, 6.07) is 9.95. The predicted molar refractivity (Wildman–Crippen MR) is 85.6 cm³/mol. The maximum atomic E-state index is 12.3. The monoisotopic (exact) mass is 299 g/mol. The molecule has 0 aliphatic carbocycles. The first-order valence-electron chi connectivity index (χ1n) is 7.38. The van der Waals surface area contributed by atoms with Crippen LogP contribution in [-0.4, -0.2) is 22.9 Å². The van der Waals surface area contributed by atoms with Crippen molar-refractivity contribution < 1.29 is 14.3 Å². The van der Waals surface area contributed by atoms with Crippen molar-refractivity contribution in [2.45, 2.75) is 34.1 Å². The van der Waals surface area contributed by atoms with Crippen molar-refractivity contribution in [2.24, 2.45) is 0 Å². The first kappa shape index (κ1) is 16.0. The number of carbonyl (C=O) groups excluding carboxylic acids is 2. The number of hydrogen-bond acceptors (Lipinski definition) is 3. The fourth-order valence-electron chi connectivity index (χ4n) is 2.57. The van der Waals surface area contributed by atoms with Gasteiger partial charge in [-0.15, -0.1) is 0 Å². The first-order chi connectivity index (χ1) is 10.4. The van der Waals surface area contributed by atoms with Crippen LogP contribution in [0, 0.1) is 20.8 Å². The van der Waals surface area contributed by atoms with E-state index in [1.165, 1.54) is 5.56 Å². The number of rotatable bonds is 5. The highest BCUT2D eigenvalue weighted by atomic mass is 16.5. The van der Waals surface area contributed by atoms with Crippen molar-refractivity contribution in [2.75, 3.05) is 6.61 Å². The summed E-state index contributed by atoms with van der Waals surface area (Å²) in [5, 5.41) is 0. The molecule has 1 aromatic heterocycles. The van der Waals surface area contributed by atoms with Crippen molar-refractivity contribution in [3.8, 4) is 5.69 Å².